The lowest BCUT2D eigenvalue weighted by Gasteiger charge is -2.32. The van der Waals surface area contributed by atoms with Crippen LogP contribution in [-0.4, -0.2) is 33.6 Å². The third kappa shape index (κ3) is 2.51. The Labute approximate surface area is 106 Å². The summed E-state index contributed by atoms with van der Waals surface area (Å²) in [7, 11) is 0. The van der Waals surface area contributed by atoms with Gasteiger partial charge in [0, 0.05) is 23.6 Å². The molecule has 0 aromatic carbocycles. The van der Waals surface area contributed by atoms with Gasteiger partial charge in [-0.15, -0.1) is 23.5 Å². The molecule has 0 aromatic rings. The molecule has 16 heavy (non-hydrogen) atoms. The van der Waals surface area contributed by atoms with Crippen molar-refractivity contribution in [2.75, 3.05) is 11.5 Å². The highest BCUT2D eigenvalue weighted by Crippen LogP contribution is 2.47. The summed E-state index contributed by atoms with van der Waals surface area (Å²) in [5, 5.41) is 3.12. The second-order valence-electron chi connectivity index (χ2n) is 4.51. The van der Waals surface area contributed by atoms with E-state index in [9.17, 15) is 4.79 Å². The highest BCUT2D eigenvalue weighted by molar-refractivity contribution is 8.22. The first-order valence-electron chi connectivity index (χ1n) is 6.03. The van der Waals surface area contributed by atoms with Crippen molar-refractivity contribution in [2.45, 2.75) is 48.8 Å². The van der Waals surface area contributed by atoms with Crippen LogP contribution in [0.15, 0.2) is 0 Å². The fourth-order valence-corrected chi connectivity index (χ4v) is 5.11. The standard InChI is InChI=1S/C11H20N2OS2/c1-2-3-9(12)11(15-6-7-16-11)10(14)13-8-4-5-8/h8-9H,2-7,12H2,1H3,(H,13,14)/t9-/m0/s1. The maximum Gasteiger partial charge on any atom is 0.248 e. The van der Waals surface area contributed by atoms with Gasteiger partial charge in [0.1, 0.15) is 0 Å². The van der Waals surface area contributed by atoms with Crippen molar-refractivity contribution in [1.82, 2.24) is 5.32 Å². The summed E-state index contributed by atoms with van der Waals surface area (Å²) in [6.45, 7) is 2.12. The predicted molar refractivity (Wildman–Crippen MR) is 71.7 cm³/mol. The Kier molecular flexibility index (Phi) is 4.08. The first kappa shape index (κ1) is 12.6. The molecule has 3 N–H and O–H groups in total. The third-order valence-corrected chi connectivity index (χ3v) is 6.65. The second kappa shape index (κ2) is 5.19. The molecule has 0 unspecified atom stereocenters. The topological polar surface area (TPSA) is 55.1 Å². The normalized spacial score (nSPS) is 25.4. The zero-order valence-electron chi connectivity index (χ0n) is 9.70. The maximum atomic E-state index is 12.3. The number of nitrogens with two attached hydrogens (primary N) is 1. The lowest BCUT2D eigenvalue weighted by molar-refractivity contribution is -0.121. The van der Waals surface area contributed by atoms with Crippen molar-refractivity contribution >= 4 is 29.4 Å². The van der Waals surface area contributed by atoms with E-state index in [2.05, 4.69) is 12.2 Å². The van der Waals surface area contributed by atoms with Gasteiger partial charge in [0.2, 0.25) is 5.91 Å². The number of hydrogen-bond donors (Lipinski definition) is 2. The fraction of sp³-hybridized carbons (Fsp3) is 0.909. The van der Waals surface area contributed by atoms with Crippen LogP contribution < -0.4 is 11.1 Å². The van der Waals surface area contributed by atoms with E-state index in [-0.39, 0.29) is 11.9 Å². The molecule has 0 bridgehead atoms. The molecule has 1 saturated heterocycles. The van der Waals surface area contributed by atoms with Crippen LogP contribution in [0.3, 0.4) is 0 Å². The van der Waals surface area contributed by atoms with Crippen molar-refractivity contribution < 1.29 is 4.79 Å². The fourth-order valence-electron chi connectivity index (χ4n) is 1.96. The molecule has 2 aliphatic rings. The third-order valence-electron chi connectivity index (χ3n) is 3.03. The Morgan fingerprint density at radius 3 is 2.62 bits per heavy atom. The first-order chi connectivity index (χ1) is 7.69. The van der Waals surface area contributed by atoms with Gasteiger partial charge in [0.05, 0.1) is 0 Å². The number of rotatable bonds is 5. The smallest absolute Gasteiger partial charge is 0.248 e. The number of hydrogen-bond acceptors (Lipinski definition) is 4. The monoisotopic (exact) mass is 260 g/mol. The van der Waals surface area contributed by atoms with E-state index in [0.717, 1.165) is 37.2 Å². The number of carbonyl (C=O) groups is 1. The Balaban J connectivity index is 2.03. The van der Waals surface area contributed by atoms with Gasteiger partial charge in [-0.3, -0.25) is 4.79 Å². The van der Waals surface area contributed by atoms with E-state index in [1.165, 1.54) is 0 Å². The molecule has 3 nitrogen and oxygen atoms in total. The number of thioether (sulfide) groups is 2. The van der Waals surface area contributed by atoms with E-state index in [4.69, 9.17) is 5.73 Å². The van der Waals surface area contributed by atoms with Gasteiger partial charge in [-0.25, -0.2) is 0 Å². The molecule has 0 aromatic heterocycles. The molecule has 1 aliphatic heterocycles. The van der Waals surface area contributed by atoms with Crippen molar-refractivity contribution in [3.8, 4) is 0 Å². The van der Waals surface area contributed by atoms with Gasteiger partial charge in [-0.1, -0.05) is 13.3 Å². The zero-order chi connectivity index (χ0) is 11.6. The Bertz CT molecular complexity index is 263. The van der Waals surface area contributed by atoms with Gasteiger partial charge in [0.25, 0.3) is 0 Å². The van der Waals surface area contributed by atoms with Crippen LogP contribution in [0.2, 0.25) is 0 Å². The Morgan fingerprint density at radius 2 is 2.12 bits per heavy atom. The minimum absolute atomic E-state index is 0.0197. The van der Waals surface area contributed by atoms with Crippen molar-refractivity contribution in [3.63, 3.8) is 0 Å². The number of carbonyl (C=O) groups excluding carboxylic acids is 1. The van der Waals surface area contributed by atoms with Crippen molar-refractivity contribution in [1.29, 1.82) is 0 Å². The van der Waals surface area contributed by atoms with E-state index in [1.54, 1.807) is 23.5 Å². The largest absolute Gasteiger partial charge is 0.351 e. The molecule has 0 radical (unpaired) electrons. The SMILES string of the molecule is CCC[C@H](N)C1(C(=O)NC2CC2)SCCS1. The second-order valence-corrected chi connectivity index (χ2v) is 7.45. The highest BCUT2D eigenvalue weighted by Gasteiger charge is 2.48. The molecule has 1 atom stereocenters. The average Bonchev–Trinajstić information content (AvgIpc) is 2.94. The minimum atomic E-state index is -0.404. The molecule has 1 heterocycles. The first-order valence-corrected chi connectivity index (χ1v) is 8.00. The van der Waals surface area contributed by atoms with Crippen molar-refractivity contribution in [3.05, 3.63) is 0 Å². The minimum Gasteiger partial charge on any atom is -0.351 e. The summed E-state index contributed by atoms with van der Waals surface area (Å²) >= 11 is 3.48. The van der Waals surface area contributed by atoms with Crippen LogP contribution >= 0.6 is 23.5 Å². The highest BCUT2D eigenvalue weighted by atomic mass is 32.2. The van der Waals surface area contributed by atoms with E-state index in [1.807, 2.05) is 0 Å². The number of amides is 1. The van der Waals surface area contributed by atoms with E-state index >= 15 is 0 Å². The maximum absolute atomic E-state index is 12.3. The van der Waals surface area contributed by atoms with Gasteiger partial charge < -0.3 is 11.1 Å². The molecule has 5 heteroatoms. The van der Waals surface area contributed by atoms with Crippen molar-refractivity contribution in [2.24, 2.45) is 5.73 Å². The predicted octanol–water partition coefficient (Wildman–Crippen LogP) is 1.57. The summed E-state index contributed by atoms with van der Waals surface area (Å²) in [4.78, 5) is 12.3. The molecule has 2 fully saturated rings. The van der Waals surface area contributed by atoms with Crippen LogP contribution in [-0.2, 0) is 4.79 Å². The van der Waals surface area contributed by atoms with Gasteiger partial charge in [0.15, 0.2) is 4.08 Å². The van der Waals surface area contributed by atoms with Crippen LogP contribution in [0.5, 0.6) is 0 Å². The van der Waals surface area contributed by atoms with Crippen LogP contribution in [0.1, 0.15) is 32.6 Å². The van der Waals surface area contributed by atoms with E-state index < -0.39 is 4.08 Å². The van der Waals surface area contributed by atoms with Gasteiger partial charge >= 0.3 is 0 Å². The average molecular weight is 260 g/mol. The van der Waals surface area contributed by atoms with Crippen LogP contribution in [0.25, 0.3) is 0 Å². The van der Waals surface area contributed by atoms with E-state index in [0.29, 0.717) is 6.04 Å². The van der Waals surface area contributed by atoms with Crippen LogP contribution in [0, 0.1) is 0 Å². The van der Waals surface area contributed by atoms with Gasteiger partial charge in [-0.05, 0) is 19.3 Å². The molecule has 92 valence electrons. The molecule has 0 spiro atoms. The number of nitrogens with one attached hydrogen (secondary N) is 1. The molecular formula is C11H20N2OS2. The molecule has 2 rings (SSSR count). The summed E-state index contributed by atoms with van der Waals surface area (Å²) in [5.41, 5.74) is 6.22. The van der Waals surface area contributed by atoms with Crippen LogP contribution in [0.4, 0.5) is 0 Å². The van der Waals surface area contributed by atoms with Gasteiger partial charge in [-0.2, -0.15) is 0 Å². The molecule has 1 saturated carbocycles. The lowest BCUT2D eigenvalue weighted by atomic mass is 10.1. The molecule has 1 aliphatic carbocycles. The summed E-state index contributed by atoms with van der Waals surface area (Å²) < 4.78 is -0.404. The summed E-state index contributed by atoms with van der Waals surface area (Å²) in [5.74, 6) is 2.25. The Morgan fingerprint density at radius 1 is 1.50 bits per heavy atom. The summed E-state index contributed by atoms with van der Waals surface area (Å²) in [6, 6.07) is 0.411. The zero-order valence-corrected chi connectivity index (χ0v) is 11.3. The quantitative estimate of drug-likeness (QED) is 0.788. The lowest BCUT2D eigenvalue weighted by Crippen LogP contribution is -2.53. The Hall–Kier alpha value is 0.130. The molecular weight excluding hydrogens is 240 g/mol. The summed E-state index contributed by atoms with van der Waals surface area (Å²) in [6.07, 6.45) is 4.25. The molecule has 1 amide bonds.